The van der Waals surface area contributed by atoms with Crippen LogP contribution >= 0.6 is 0 Å². The fraction of sp³-hybridized carbons (Fsp3) is 0.714. The first-order valence-corrected chi connectivity index (χ1v) is 14.2. The summed E-state index contributed by atoms with van der Waals surface area (Å²) in [6.07, 6.45) is 15.5. The number of anilines is 3. The fourth-order valence-electron chi connectivity index (χ4n) is 6.59. The number of aryl methyl sites for hydroxylation is 1. The van der Waals surface area contributed by atoms with Gasteiger partial charge in [-0.15, -0.1) is 0 Å². The highest BCUT2D eigenvalue weighted by atomic mass is 16.2. The minimum atomic E-state index is -0.153. The van der Waals surface area contributed by atoms with E-state index in [4.69, 9.17) is 9.97 Å². The van der Waals surface area contributed by atoms with Crippen molar-refractivity contribution >= 4 is 23.6 Å². The summed E-state index contributed by atoms with van der Waals surface area (Å²) >= 11 is 0. The Morgan fingerprint density at radius 2 is 1.81 bits per heavy atom. The van der Waals surface area contributed by atoms with Crippen LogP contribution in [0.1, 0.15) is 101 Å². The third kappa shape index (κ3) is 4.71. The zero-order valence-corrected chi connectivity index (χ0v) is 22.0. The van der Waals surface area contributed by atoms with Crippen molar-refractivity contribution in [1.82, 2.24) is 24.8 Å². The van der Waals surface area contributed by atoms with E-state index >= 15 is 0 Å². The van der Waals surface area contributed by atoms with E-state index in [0.29, 0.717) is 17.3 Å². The number of hydrogen-bond donors (Lipinski definition) is 2. The second-order valence-electron chi connectivity index (χ2n) is 12.1. The van der Waals surface area contributed by atoms with Gasteiger partial charge in [-0.2, -0.15) is 4.98 Å². The van der Waals surface area contributed by atoms with Crippen molar-refractivity contribution in [3.8, 4) is 0 Å². The van der Waals surface area contributed by atoms with E-state index in [9.17, 15) is 4.79 Å². The summed E-state index contributed by atoms with van der Waals surface area (Å²) in [6.45, 7) is 7.16. The molecule has 0 aromatic carbocycles. The number of piperidine rings is 1. The summed E-state index contributed by atoms with van der Waals surface area (Å²) in [5.41, 5.74) is 3.89. The van der Waals surface area contributed by atoms with Gasteiger partial charge in [0.1, 0.15) is 11.9 Å². The Morgan fingerprint density at radius 3 is 2.61 bits per heavy atom. The number of imidazole rings is 1. The van der Waals surface area contributed by atoms with Gasteiger partial charge in [-0.3, -0.25) is 4.79 Å². The number of nitrogens with one attached hydrogen (secondary N) is 2. The number of carbonyl (C=O) groups is 1. The van der Waals surface area contributed by atoms with Crippen molar-refractivity contribution in [2.24, 2.45) is 5.41 Å². The zero-order chi connectivity index (χ0) is 24.7. The number of aromatic nitrogens is 4. The standard InChI is InChI=1S/C28H41N7O/c1-28(2)13-16-34(17-14-28)25(36)23-12-7-15-35(23)27-31-21-11-6-10-20(21)24(33-27)32-26-29-18-22(30-26)19-8-4-3-5-9-19/h18-19,23H,3-17H2,1-2H3,(H2,29,30,31,32,33). The Bertz CT molecular complexity index is 1090. The number of aromatic amines is 1. The average molecular weight is 492 g/mol. The average Bonchev–Trinajstić information content (AvgIpc) is 3.65. The Hall–Kier alpha value is -2.64. The highest BCUT2D eigenvalue weighted by Gasteiger charge is 2.38. The molecule has 3 fully saturated rings. The van der Waals surface area contributed by atoms with Crippen LogP contribution in [-0.2, 0) is 17.6 Å². The molecule has 2 aliphatic carbocycles. The summed E-state index contributed by atoms with van der Waals surface area (Å²) in [6, 6.07) is -0.153. The van der Waals surface area contributed by atoms with Crippen LogP contribution in [0.2, 0.25) is 0 Å². The van der Waals surface area contributed by atoms with E-state index in [0.717, 1.165) is 82.0 Å². The van der Waals surface area contributed by atoms with E-state index in [2.05, 4.69) is 38.9 Å². The van der Waals surface area contributed by atoms with Crippen molar-refractivity contribution in [1.29, 1.82) is 0 Å². The molecule has 2 N–H and O–H groups in total. The Morgan fingerprint density at radius 1 is 1.00 bits per heavy atom. The molecule has 4 heterocycles. The quantitative estimate of drug-likeness (QED) is 0.605. The van der Waals surface area contributed by atoms with Crippen LogP contribution in [0.25, 0.3) is 0 Å². The highest BCUT2D eigenvalue weighted by Crippen LogP contribution is 2.36. The monoisotopic (exact) mass is 491 g/mol. The molecule has 6 rings (SSSR count). The van der Waals surface area contributed by atoms with Crippen molar-refractivity contribution in [3.05, 3.63) is 23.1 Å². The zero-order valence-electron chi connectivity index (χ0n) is 22.0. The van der Waals surface area contributed by atoms with Crippen molar-refractivity contribution < 1.29 is 4.79 Å². The molecule has 1 unspecified atom stereocenters. The van der Waals surface area contributed by atoms with E-state index in [1.165, 1.54) is 43.4 Å². The molecule has 2 saturated heterocycles. The molecular formula is C28H41N7O. The molecule has 2 aliphatic heterocycles. The lowest BCUT2D eigenvalue weighted by Crippen LogP contribution is -2.50. The fourth-order valence-corrected chi connectivity index (χ4v) is 6.59. The first-order valence-electron chi connectivity index (χ1n) is 14.2. The molecule has 2 aromatic rings. The maximum Gasteiger partial charge on any atom is 0.245 e. The lowest BCUT2D eigenvalue weighted by atomic mass is 9.82. The molecule has 0 spiro atoms. The summed E-state index contributed by atoms with van der Waals surface area (Å²) in [7, 11) is 0. The number of likely N-dealkylation sites (tertiary alicyclic amines) is 1. The van der Waals surface area contributed by atoms with Crippen LogP contribution in [0.4, 0.5) is 17.7 Å². The SMILES string of the molecule is CC1(C)CCN(C(=O)C2CCCN2c2nc3c(c(Nc4ncc(C5CCCCC5)[nH]4)n2)CCC3)CC1. The molecule has 0 radical (unpaired) electrons. The molecule has 36 heavy (non-hydrogen) atoms. The van der Waals surface area contributed by atoms with E-state index in [-0.39, 0.29) is 11.9 Å². The summed E-state index contributed by atoms with van der Waals surface area (Å²) in [4.78, 5) is 36.0. The lowest BCUT2D eigenvalue weighted by Gasteiger charge is -2.39. The van der Waals surface area contributed by atoms with Gasteiger partial charge in [0.15, 0.2) is 0 Å². The molecule has 2 aromatic heterocycles. The van der Waals surface area contributed by atoms with Crippen LogP contribution in [0.15, 0.2) is 6.20 Å². The van der Waals surface area contributed by atoms with Gasteiger partial charge >= 0.3 is 0 Å². The van der Waals surface area contributed by atoms with Crippen molar-refractivity contribution in [3.63, 3.8) is 0 Å². The smallest absolute Gasteiger partial charge is 0.245 e. The third-order valence-electron chi connectivity index (χ3n) is 9.02. The number of amides is 1. The van der Waals surface area contributed by atoms with Crippen LogP contribution < -0.4 is 10.2 Å². The second kappa shape index (κ2) is 9.67. The number of hydrogen-bond acceptors (Lipinski definition) is 6. The van der Waals surface area contributed by atoms with Gasteiger partial charge in [0, 0.05) is 36.8 Å². The first kappa shape index (κ1) is 23.7. The largest absolute Gasteiger partial charge is 0.341 e. The summed E-state index contributed by atoms with van der Waals surface area (Å²) in [5.74, 6) is 3.16. The molecule has 8 heteroatoms. The minimum Gasteiger partial charge on any atom is -0.341 e. The predicted octanol–water partition coefficient (Wildman–Crippen LogP) is 5.10. The number of fused-ring (bicyclic) bond motifs is 1. The lowest BCUT2D eigenvalue weighted by molar-refractivity contribution is -0.134. The molecule has 1 saturated carbocycles. The van der Waals surface area contributed by atoms with Crippen LogP contribution in [0.5, 0.6) is 0 Å². The predicted molar refractivity (Wildman–Crippen MR) is 142 cm³/mol. The van der Waals surface area contributed by atoms with E-state index in [1.807, 2.05) is 6.20 Å². The maximum atomic E-state index is 13.6. The molecule has 1 atom stereocenters. The first-order chi connectivity index (χ1) is 17.5. The highest BCUT2D eigenvalue weighted by molar-refractivity contribution is 5.85. The normalized spacial score (nSPS) is 24.2. The molecule has 8 nitrogen and oxygen atoms in total. The maximum absolute atomic E-state index is 13.6. The molecule has 4 aliphatic rings. The molecule has 0 bridgehead atoms. The van der Waals surface area contributed by atoms with Crippen LogP contribution in [-0.4, -0.2) is 56.4 Å². The Labute approximate surface area is 214 Å². The van der Waals surface area contributed by atoms with Gasteiger partial charge in [-0.1, -0.05) is 33.1 Å². The Balaban J connectivity index is 1.22. The topological polar surface area (TPSA) is 90.0 Å². The second-order valence-corrected chi connectivity index (χ2v) is 12.1. The molecule has 194 valence electrons. The van der Waals surface area contributed by atoms with Crippen molar-refractivity contribution in [2.45, 2.75) is 103 Å². The van der Waals surface area contributed by atoms with Gasteiger partial charge in [0.2, 0.25) is 17.8 Å². The molecular weight excluding hydrogens is 450 g/mol. The third-order valence-corrected chi connectivity index (χ3v) is 9.02. The Kier molecular flexibility index (Phi) is 6.38. The summed E-state index contributed by atoms with van der Waals surface area (Å²) in [5, 5.41) is 3.50. The number of rotatable bonds is 5. The van der Waals surface area contributed by atoms with Crippen LogP contribution in [0.3, 0.4) is 0 Å². The van der Waals surface area contributed by atoms with Crippen LogP contribution in [0, 0.1) is 5.41 Å². The number of nitrogens with zero attached hydrogens (tertiary/aromatic N) is 5. The van der Waals surface area contributed by atoms with Gasteiger partial charge in [0.05, 0.1) is 11.9 Å². The van der Waals surface area contributed by atoms with E-state index in [1.54, 1.807) is 0 Å². The van der Waals surface area contributed by atoms with Gasteiger partial charge in [-0.05, 0) is 63.2 Å². The number of carbonyl (C=O) groups excluding carboxylic acids is 1. The minimum absolute atomic E-state index is 0.153. The summed E-state index contributed by atoms with van der Waals surface area (Å²) < 4.78 is 0. The van der Waals surface area contributed by atoms with Gasteiger partial charge in [0.25, 0.3) is 0 Å². The van der Waals surface area contributed by atoms with Gasteiger partial charge in [-0.25, -0.2) is 9.97 Å². The van der Waals surface area contributed by atoms with E-state index < -0.39 is 0 Å². The number of H-pyrrole nitrogens is 1. The van der Waals surface area contributed by atoms with Crippen molar-refractivity contribution in [2.75, 3.05) is 29.9 Å². The molecule has 1 amide bonds. The van der Waals surface area contributed by atoms with Gasteiger partial charge < -0.3 is 20.1 Å².